The molecular weight excluding hydrogens is 238 g/mol. The van der Waals surface area contributed by atoms with Gasteiger partial charge in [0.25, 0.3) is 0 Å². The van der Waals surface area contributed by atoms with Crippen molar-refractivity contribution >= 4 is 10.0 Å². The average Bonchev–Trinajstić information content (AvgIpc) is 2.75. The summed E-state index contributed by atoms with van der Waals surface area (Å²) in [6.07, 6.45) is 5.50. The fourth-order valence-electron chi connectivity index (χ4n) is 3.29. The zero-order chi connectivity index (χ0) is 12.5. The molecule has 0 radical (unpaired) electrons. The zero-order valence-electron chi connectivity index (χ0n) is 10.5. The van der Waals surface area contributed by atoms with Crippen molar-refractivity contribution < 1.29 is 13.5 Å². The standard InChI is InChI=1S/C12H23NO3S/c1-2-17(15,16)13-9-4-3-7-11(13)10-6-5-8-12(10)14/h10-12,14H,2-9H2,1H3. The predicted octanol–water partition coefficient (Wildman–Crippen LogP) is 1.35. The molecule has 3 atom stereocenters. The Labute approximate surface area is 104 Å². The van der Waals surface area contributed by atoms with E-state index in [0.717, 1.165) is 38.5 Å². The highest BCUT2D eigenvalue weighted by Crippen LogP contribution is 2.36. The highest BCUT2D eigenvalue weighted by atomic mass is 32.2. The van der Waals surface area contributed by atoms with Crippen LogP contribution in [0.4, 0.5) is 0 Å². The Morgan fingerprint density at radius 2 is 1.94 bits per heavy atom. The maximum Gasteiger partial charge on any atom is 0.214 e. The maximum absolute atomic E-state index is 12.1. The molecule has 1 aliphatic carbocycles. The Bertz CT molecular complexity index is 355. The second-order valence-corrected chi connectivity index (χ2v) is 7.45. The van der Waals surface area contributed by atoms with Crippen molar-refractivity contribution in [3.63, 3.8) is 0 Å². The van der Waals surface area contributed by atoms with Crippen LogP contribution in [0.3, 0.4) is 0 Å². The van der Waals surface area contributed by atoms with Crippen LogP contribution in [0.5, 0.6) is 0 Å². The number of aliphatic hydroxyl groups is 1. The Morgan fingerprint density at radius 3 is 2.53 bits per heavy atom. The first kappa shape index (κ1) is 13.3. The van der Waals surface area contributed by atoms with Gasteiger partial charge < -0.3 is 5.11 Å². The number of rotatable bonds is 3. The quantitative estimate of drug-likeness (QED) is 0.834. The molecule has 1 heterocycles. The normalized spacial score (nSPS) is 36.2. The van der Waals surface area contributed by atoms with Crippen molar-refractivity contribution in [2.45, 2.75) is 57.6 Å². The first-order chi connectivity index (χ1) is 8.06. The van der Waals surface area contributed by atoms with Crippen molar-refractivity contribution in [1.29, 1.82) is 0 Å². The van der Waals surface area contributed by atoms with E-state index in [2.05, 4.69) is 0 Å². The highest BCUT2D eigenvalue weighted by molar-refractivity contribution is 7.89. The lowest BCUT2D eigenvalue weighted by atomic mass is 9.89. The Balaban J connectivity index is 2.17. The van der Waals surface area contributed by atoms with E-state index in [1.165, 1.54) is 0 Å². The molecule has 1 saturated carbocycles. The molecule has 100 valence electrons. The van der Waals surface area contributed by atoms with Crippen LogP contribution >= 0.6 is 0 Å². The van der Waals surface area contributed by atoms with Gasteiger partial charge in [-0.15, -0.1) is 0 Å². The molecular formula is C12H23NO3S. The molecule has 0 amide bonds. The van der Waals surface area contributed by atoms with Crippen molar-refractivity contribution in [2.75, 3.05) is 12.3 Å². The summed E-state index contributed by atoms with van der Waals surface area (Å²) >= 11 is 0. The first-order valence-electron chi connectivity index (χ1n) is 6.74. The minimum Gasteiger partial charge on any atom is -0.393 e. The first-order valence-corrected chi connectivity index (χ1v) is 8.34. The number of sulfonamides is 1. The van der Waals surface area contributed by atoms with Crippen molar-refractivity contribution in [3.05, 3.63) is 0 Å². The summed E-state index contributed by atoms with van der Waals surface area (Å²) in [5.41, 5.74) is 0. The fraction of sp³-hybridized carbons (Fsp3) is 1.00. The second kappa shape index (κ2) is 5.24. The summed E-state index contributed by atoms with van der Waals surface area (Å²) in [6.45, 7) is 2.34. The van der Waals surface area contributed by atoms with Gasteiger partial charge in [0, 0.05) is 18.5 Å². The molecule has 5 heteroatoms. The van der Waals surface area contributed by atoms with E-state index in [1.54, 1.807) is 11.2 Å². The molecule has 1 N–H and O–H groups in total. The number of piperidine rings is 1. The van der Waals surface area contributed by atoms with E-state index in [4.69, 9.17) is 0 Å². The monoisotopic (exact) mass is 261 g/mol. The van der Waals surface area contributed by atoms with Crippen LogP contribution in [0.25, 0.3) is 0 Å². The van der Waals surface area contributed by atoms with Gasteiger partial charge in [-0.3, -0.25) is 0 Å². The predicted molar refractivity (Wildman–Crippen MR) is 67.2 cm³/mol. The van der Waals surface area contributed by atoms with Crippen LogP contribution in [0, 0.1) is 5.92 Å². The summed E-state index contributed by atoms with van der Waals surface area (Å²) in [5.74, 6) is 0.336. The molecule has 1 saturated heterocycles. The van der Waals surface area contributed by atoms with Gasteiger partial charge >= 0.3 is 0 Å². The Kier molecular flexibility index (Phi) is 4.10. The lowest BCUT2D eigenvalue weighted by Crippen LogP contribution is -2.49. The molecule has 2 aliphatic rings. The van der Waals surface area contributed by atoms with Crippen LogP contribution in [0.15, 0.2) is 0 Å². The minimum atomic E-state index is -3.11. The van der Waals surface area contributed by atoms with Crippen LogP contribution in [0.1, 0.15) is 45.4 Å². The minimum absolute atomic E-state index is 0.0474. The largest absolute Gasteiger partial charge is 0.393 e. The van der Waals surface area contributed by atoms with Crippen LogP contribution in [0.2, 0.25) is 0 Å². The summed E-state index contributed by atoms with van der Waals surface area (Å²) in [4.78, 5) is 0. The molecule has 1 aliphatic heterocycles. The van der Waals surface area contributed by atoms with Crippen molar-refractivity contribution in [3.8, 4) is 0 Å². The molecule has 0 aromatic rings. The molecule has 2 rings (SSSR count). The molecule has 0 aromatic carbocycles. The van der Waals surface area contributed by atoms with E-state index in [0.29, 0.717) is 6.54 Å². The van der Waals surface area contributed by atoms with Gasteiger partial charge in [-0.1, -0.05) is 12.8 Å². The summed E-state index contributed by atoms with van der Waals surface area (Å²) in [6, 6.07) is 0.0474. The fourth-order valence-corrected chi connectivity index (χ4v) is 4.70. The van der Waals surface area contributed by atoms with Gasteiger partial charge in [0.2, 0.25) is 10.0 Å². The van der Waals surface area contributed by atoms with E-state index < -0.39 is 10.0 Å². The Hall–Kier alpha value is -0.130. The van der Waals surface area contributed by atoms with Gasteiger partial charge in [0.05, 0.1) is 11.9 Å². The van der Waals surface area contributed by atoms with Crippen LogP contribution in [-0.4, -0.2) is 42.3 Å². The van der Waals surface area contributed by atoms with E-state index in [-0.39, 0.29) is 23.8 Å². The number of aliphatic hydroxyl groups excluding tert-OH is 1. The zero-order valence-corrected chi connectivity index (χ0v) is 11.3. The Morgan fingerprint density at radius 1 is 1.18 bits per heavy atom. The molecule has 3 unspecified atom stereocenters. The average molecular weight is 261 g/mol. The summed E-state index contributed by atoms with van der Waals surface area (Å²) in [7, 11) is -3.11. The lowest BCUT2D eigenvalue weighted by molar-refractivity contribution is 0.0724. The third-order valence-corrected chi connectivity index (χ3v) is 6.14. The topological polar surface area (TPSA) is 57.6 Å². The van der Waals surface area contributed by atoms with Gasteiger partial charge in [0.15, 0.2) is 0 Å². The highest BCUT2D eigenvalue weighted by Gasteiger charge is 2.40. The SMILES string of the molecule is CCS(=O)(=O)N1CCCCC1C1CCCC1O. The van der Waals surface area contributed by atoms with Gasteiger partial charge in [-0.25, -0.2) is 8.42 Å². The lowest BCUT2D eigenvalue weighted by Gasteiger charge is -2.39. The van der Waals surface area contributed by atoms with Crippen LogP contribution in [-0.2, 0) is 10.0 Å². The summed E-state index contributed by atoms with van der Waals surface area (Å²) in [5, 5.41) is 9.98. The molecule has 0 aromatic heterocycles. The second-order valence-electron chi connectivity index (χ2n) is 5.24. The van der Waals surface area contributed by atoms with Gasteiger partial charge in [-0.2, -0.15) is 4.31 Å². The van der Waals surface area contributed by atoms with Crippen molar-refractivity contribution in [2.24, 2.45) is 5.92 Å². The van der Waals surface area contributed by atoms with Gasteiger partial charge in [-0.05, 0) is 32.6 Å². The van der Waals surface area contributed by atoms with E-state index in [9.17, 15) is 13.5 Å². The number of hydrogen-bond acceptors (Lipinski definition) is 3. The molecule has 2 fully saturated rings. The van der Waals surface area contributed by atoms with E-state index >= 15 is 0 Å². The smallest absolute Gasteiger partial charge is 0.214 e. The molecule has 4 nitrogen and oxygen atoms in total. The summed E-state index contributed by atoms with van der Waals surface area (Å²) < 4.78 is 25.8. The van der Waals surface area contributed by atoms with E-state index in [1.807, 2.05) is 0 Å². The molecule has 0 bridgehead atoms. The third-order valence-electron chi connectivity index (χ3n) is 4.25. The number of hydrogen-bond donors (Lipinski definition) is 1. The third kappa shape index (κ3) is 2.66. The molecule has 0 spiro atoms. The maximum atomic E-state index is 12.1. The van der Waals surface area contributed by atoms with Gasteiger partial charge in [0.1, 0.15) is 0 Å². The van der Waals surface area contributed by atoms with Crippen molar-refractivity contribution in [1.82, 2.24) is 4.31 Å². The van der Waals surface area contributed by atoms with Crippen LogP contribution < -0.4 is 0 Å². The number of nitrogens with zero attached hydrogens (tertiary/aromatic N) is 1. The molecule has 17 heavy (non-hydrogen) atoms.